The van der Waals surface area contributed by atoms with Gasteiger partial charge in [0.1, 0.15) is 5.82 Å². The maximum Gasteiger partial charge on any atom is 0.127 e. The largest absolute Gasteiger partial charge is 0.760 e. The van der Waals surface area contributed by atoms with E-state index in [-0.39, 0.29) is 6.54 Å². The van der Waals surface area contributed by atoms with Gasteiger partial charge in [-0.1, -0.05) is 18.2 Å². The van der Waals surface area contributed by atoms with Crippen LogP contribution in [0.4, 0.5) is 4.39 Å². The van der Waals surface area contributed by atoms with Crippen LogP contribution in [0.15, 0.2) is 24.3 Å². The van der Waals surface area contributed by atoms with Crippen molar-refractivity contribution in [3.05, 3.63) is 35.6 Å². The van der Waals surface area contributed by atoms with Crippen molar-refractivity contribution in [2.75, 3.05) is 0 Å². The van der Waals surface area contributed by atoms with Crippen molar-refractivity contribution in [2.24, 2.45) is 0 Å². The van der Waals surface area contributed by atoms with Crippen LogP contribution in [0.5, 0.6) is 0 Å². The molecule has 1 aromatic rings. The highest BCUT2D eigenvalue weighted by molar-refractivity contribution is 7.77. The Bertz CT molecular complexity index is 292. The molecule has 0 aromatic heterocycles. The monoisotopic (exact) mass is 188 g/mol. The summed E-state index contributed by atoms with van der Waals surface area (Å²) >= 11 is -2.34. The molecule has 0 amide bonds. The van der Waals surface area contributed by atoms with Gasteiger partial charge in [-0.3, -0.25) is 4.21 Å². The normalized spacial score (nSPS) is 12.8. The van der Waals surface area contributed by atoms with Gasteiger partial charge in [0, 0.05) is 23.4 Å². The van der Waals surface area contributed by atoms with Crippen LogP contribution in [-0.2, 0) is 17.8 Å². The average molecular weight is 188 g/mol. The second-order valence-electron chi connectivity index (χ2n) is 2.15. The van der Waals surface area contributed by atoms with Crippen LogP contribution in [-0.4, -0.2) is 8.76 Å². The molecule has 12 heavy (non-hydrogen) atoms. The van der Waals surface area contributed by atoms with E-state index in [4.69, 9.17) is 0 Å². The first-order valence-corrected chi connectivity index (χ1v) is 4.34. The van der Waals surface area contributed by atoms with Gasteiger partial charge in [0.15, 0.2) is 0 Å². The summed E-state index contributed by atoms with van der Waals surface area (Å²) in [6.45, 7) is -0.0111. The minimum atomic E-state index is -2.34. The fraction of sp³-hybridized carbons (Fsp3) is 0.143. The predicted molar refractivity (Wildman–Crippen MR) is 42.2 cm³/mol. The Hall–Kier alpha value is -0.780. The molecule has 1 atom stereocenters. The Morgan fingerprint density at radius 1 is 1.50 bits per heavy atom. The summed E-state index contributed by atoms with van der Waals surface area (Å²) < 4.78 is 35.0. The maximum absolute atomic E-state index is 12.8. The van der Waals surface area contributed by atoms with Gasteiger partial charge < -0.3 is 4.55 Å². The van der Waals surface area contributed by atoms with E-state index < -0.39 is 17.1 Å². The molecule has 66 valence electrons. The Kier molecular flexibility index (Phi) is 3.33. The van der Waals surface area contributed by atoms with E-state index in [0.29, 0.717) is 5.56 Å². The minimum Gasteiger partial charge on any atom is -0.760 e. The van der Waals surface area contributed by atoms with Crippen LogP contribution >= 0.6 is 0 Å². The highest BCUT2D eigenvalue weighted by atomic mass is 32.2. The molecule has 0 aliphatic rings. The van der Waals surface area contributed by atoms with E-state index in [1.54, 1.807) is 12.1 Å². The Labute approximate surface area is 72.0 Å². The summed E-state index contributed by atoms with van der Waals surface area (Å²) in [5.74, 6) is -0.407. The van der Waals surface area contributed by atoms with E-state index in [9.17, 15) is 13.2 Å². The third-order valence-electron chi connectivity index (χ3n) is 1.34. The topological polar surface area (TPSA) is 52.2 Å². The van der Waals surface area contributed by atoms with Gasteiger partial charge in [0.2, 0.25) is 0 Å². The summed E-state index contributed by atoms with van der Waals surface area (Å²) in [4.78, 5) is 0. The van der Waals surface area contributed by atoms with Gasteiger partial charge >= 0.3 is 0 Å². The molecule has 1 N–H and O–H groups in total. The van der Waals surface area contributed by atoms with Gasteiger partial charge in [-0.2, -0.15) is 0 Å². The molecule has 1 rings (SSSR count). The molecule has 0 heterocycles. The zero-order valence-electron chi connectivity index (χ0n) is 6.12. The lowest BCUT2D eigenvalue weighted by atomic mass is 10.2. The van der Waals surface area contributed by atoms with Gasteiger partial charge in [-0.25, -0.2) is 9.11 Å². The van der Waals surface area contributed by atoms with Crippen molar-refractivity contribution in [3.8, 4) is 0 Å². The molecule has 5 heteroatoms. The van der Waals surface area contributed by atoms with Crippen molar-refractivity contribution in [2.45, 2.75) is 6.54 Å². The summed E-state index contributed by atoms with van der Waals surface area (Å²) in [7, 11) is 0. The first-order valence-electron chi connectivity index (χ1n) is 3.26. The molecule has 0 aliphatic heterocycles. The van der Waals surface area contributed by atoms with Crippen LogP contribution < -0.4 is 4.72 Å². The first kappa shape index (κ1) is 9.31. The number of halogens is 1. The third kappa shape index (κ3) is 2.69. The molecule has 0 bridgehead atoms. The maximum atomic E-state index is 12.8. The highest BCUT2D eigenvalue weighted by Gasteiger charge is 1.98. The lowest BCUT2D eigenvalue weighted by molar-refractivity contribution is 0.520. The smallest absolute Gasteiger partial charge is 0.127 e. The molecule has 1 unspecified atom stereocenters. The van der Waals surface area contributed by atoms with E-state index in [1.807, 2.05) is 0 Å². The Morgan fingerprint density at radius 2 is 2.17 bits per heavy atom. The molecule has 0 aliphatic carbocycles. The summed E-state index contributed by atoms with van der Waals surface area (Å²) in [6.07, 6.45) is 0. The van der Waals surface area contributed by atoms with Crippen molar-refractivity contribution >= 4 is 11.3 Å². The van der Waals surface area contributed by atoms with Crippen LogP contribution in [0.25, 0.3) is 0 Å². The van der Waals surface area contributed by atoms with E-state index in [2.05, 4.69) is 4.72 Å². The van der Waals surface area contributed by atoms with Crippen LogP contribution in [0.2, 0.25) is 0 Å². The number of benzene rings is 1. The van der Waals surface area contributed by atoms with Crippen molar-refractivity contribution in [1.29, 1.82) is 0 Å². The lowest BCUT2D eigenvalue weighted by Gasteiger charge is -2.07. The standard InChI is InChI=1S/C7H8FNO2S/c8-7-4-2-1-3-6(7)5-9-12(10)11/h1-4,9H,5H2,(H,10,11)/p-1. The SMILES string of the molecule is O=S([O-])NCc1ccccc1F. The van der Waals surface area contributed by atoms with E-state index in [1.165, 1.54) is 12.1 Å². The van der Waals surface area contributed by atoms with Gasteiger partial charge in [0.05, 0.1) is 0 Å². The quantitative estimate of drug-likeness (QED) is 0.710. The molecule has 3 nitrogen and oxygen atoms in total. The Morgan fingerprint density at radius 3 is 2.75 bits per heavy atom. The Balaban J connectivity index is 2.63. The van der Waals surface area contributed by atoms with E-state index >= 15 is 0 Å². The number of hydrogen-bond donors (Lipinski definition) is 1. The molecule has 0 saturated carbocycles. The molecular weight excluding hydrogens is 181 g/mol. The zero-order chi connectivity index (χ0) is 8.97. The zero-order valence-corrected chi connectivity index (χ0v) is 6.94. The van der Waals surface area contributed by atoms with Crippen molar-refractivity contribution in [3.63, 3.8) is 0 Å². The number of rotatable bonds is 3. The molecule has 0 spiro atoms. The van der Waals surface area contributed by atoms with Gasteiger partial charge in [0.25, 0.3) is 0 Å². The number of nitrogens with one attached hydrogen (secondary N) is 1. The second-order valence-corrected chi connectivity index (χ2v) is 2.91. The minimum absolute atomic E-state index is 0.0111. The van der Waals surface area contributed by atoms with Crippen LogP contribution in [0, 0.1) is 5.82 Å². The summed E-state index contributed by atoms with van der Waals surface area (Å²) in [6, 6.07) is 6.00. The lowest BCUT2D eigenvalue weighted by Crippen LogP contribution is -2.16. The highest BCUT2D eigenvalue weighted by Crippen LogP contribution is 2.05. The van der Waals surface area contributed by atoms with Crippen LogP contribution in [0.3, 0.4) is 0 Å². The van der Waals surface area contributed by atoms with Gasteiger partial charge in [-0.05, 0) is 6.07 Å². The summed E-state index contributed by atoms with van der Waals surface area (Å²) in [5, 5.41) is 0. The van der Waals surface area contributed by atoms with Crippen molar-refractivity contribution in [1.82, 2.24) is 4.72 Å². The second kappa shape index (κ2) is 4.30. The molecule has 1 aromatic carbocycles. The average Bonchev–Trinajstić information content (AvgIpc) is 2.03. The van der Waals surface area contributed by atoms with Crippen LogP contribution in [0.1, 0.15) is 5.56 Å². The summed E-state index contributed by atoms with van der Waals surface area (Å²) in [5.41, 5.74) is 0.335. The fourth-order valence-corrected chi connectivity index (χ4v) is 1.05. The van der Waals surface area contributed by atoms with Gasteiger partial charge in [-0.15, -0.1) is 0 Å². The molecule has 0 fully saturated rings. The first-order chi connectivity index (χ1) is 5.70. The van der Waals surface area contributed by atoms with Crippen molar-refractivity contribution < 1.29 is 13.2 Å². The van der Waals surface area contributed by atoms with E-state index in [0.717, 1.165) is 0 Å². The third-order valence-corrected chi connectivity index (χ3v) is 1.72. The molecule has 0 radical (unpaired) electrons. The predicted octanol–water partition coefficient (Wildman–Crippen LogP) is 0.709. The number of hydrogen-bond acceptors (Lipinski definition) is 2. The molecule has 0 saturated heterocycles. The molecular formula is C7H7FNO2S-. The fourth-order valence-electron chi connectivity index (χ4n) is 0.778.